The van der Waals surface area contributed by atoms with Crippen LogP contribution in [0.25, 0.3) is 11.0 Å². The van der Waals surface area contributed by atoms with Crippen molar-refractivity contribution < 1.29 is 28.4 Å². The van der Waals surface area contributed by atoms with E-state index in [4.69, 9.17) is 14.0 Å². The van der Waals surface area contributed by atoms with E-state index in [1.54, 1.807) is 30.3 Å². The van der Waals surface area contributed by atoms with E-state index >= 15 is 0 Å². The van der Waals surface area contributed by atoms with Gasteiger partial charge in [0.15, 0.2) is 0 Å². The van der Waals surface area contributed by atoms with Crippen molar-refractivity contribution in [1.82, 2.24) is 5.06 Å². The van der Waals surface area contributed by atoms with E-state index in [1.165, 1.54) is 12.1 Å². The summed E-state index contributed by atoms with van der Waals surface area (Å²) in [5.74, 6) is -2.42. The number of hydrogen-bond donors (Lipinski definition) is 0. The summed E-state index contributed by atoms with van der Waals surface area (Å²) >= 11 is 0. The molecule has 0 spiro atoms. The number of benzene rings is 2. The predicted molar refractivity (Wildman–Crippen MR) is 98.5 cm³/mol. The molecule has 0 unspecified atom stereocenters. The molecular formula is C21H17NO6. The molecule has 7 nitrogen and oxygen atoms in total. The number of imide groups is 1. The number of ether oxygens (including phenoxy) is 1. The van der Waals surface area contributed by atoms with E-state index in [0.717, 1.165) is 0 Å². The largest absolute Gasteiger partial charge is 0.449 e. The van der Waals surface area contributed by atoms with Gasteiger partial charge in [-0.1, -0.05) is 35.4 Å². The van der Waals surface area contributed by atoms with Gasteiger partial charge in [-0.3, -0.25) is 9.59 Å². The van der Waals surface area contributed by atoms with Crippen LogP contribution in [0.2, 0.25) is 0 Å². The molecule has 0 saturated heterocycles. The highest BCUT2D eigenvalue weighted by molar-refractivity contribution is 6.21. The molecule has 4 rings (SSSR count). The maximum absolute atomic E-state index is 12.8. The fourth-order valence-electron chi connectivity index (χ4n) is 3.03. The van der Waals surface area contributed by atoms with Gasteiger partial charge in [0, 0.05) is 10.9 Å². The monoisotopic (exact) mass is 379 g/mol. The Balaban J connectivity index is 1.65. The molecule has 2 heterocycles. The van der Waals surface area contributed by atoms with Crippen LogP contribution in [-0.2, 0) is 16.2 Å². The molecule has 0 aliphatic carbocycles. The average Bonchev–Trinajstić information content (AvgIpc) is 3.18. The van der Waals surface area contributed by atoms with E-state index in [2.05, 4.69) is 0 Å². The lowest BCUT2D eigenvalue weighted by Gasteiger charge is -2.12. The number of rotatable bonds is 5. The molecule has 28 heavy (non-hydrogen) atoms. The molecular weight excluding hydrogens is 362 g/mol. The number of fused-ring (bicyclic) bond motifs is 2. The third-order valence-electron chi connectivity index (χ3n) is 4.38. The van der Waals surface area contributed by atoms with E-state index in [0.29, 0.717) is 21.6 Å². The first kappa shape index (κ1) is 17.9. The molecule has 0 bridgehead atoms. The average molecular weight is 379 g/mol. The highest BCUT2D eigenvalue weighted by Crippen LogP contribution is 2.29. The van der Waals surface area contributed by atoms with Crippen LogP contribution in [0.1, 0.15) is 50.7 Å². The molecule has 1 aromatic heterocycles. The quantitative estimate of drug-likeness (QED) is 0.628. The Kier molecular flexibility index (Phi) is 4.44. The Morgan fingerprint density at radius 1 is 1.00 bits per heavy atom. The molecule has 0 saturated carbocycles. The fourth-order valence-corrected chi connectivity index (χ4v) is 3.03. The smallest absolute Gasteiger partial charge is 0.399 e. The maximum Gasteiger partial charge on any atom is 0.399 e. The predicted octanol–water partition coefficient (Wildman–Crippen LogP) is 3.73. The topological polar surface area (TPSA) is 86.0 Å². The minimum atomic E-state index is -0.937. The lowest BCUT2D eigenvalue weighted by atomic mass is 10.1. The Hall–Kier alpha value is -3.45. The molecule has 1 aliphatic rings. The van der Waals surface area contributed by atoms with Gasteiger partial charge in [-0.15, -0.1) is 0 Å². The molecule has 2 aromatic carbocycles. The zero-order chi connectivity index (χ0) is 19.8. The van der Waals surface area contributed by atoms with Crippen molar-refractivity contribution in [3.8, 4) is 0 Å². The number of hydroxylamine groups is 2. The summed E-state index contributed by atoms with van der Waals surface area (Å²) in [6, 6.07) is 13.4. The third kappa shape index (κ3) is 2.95. The zero-order valence-corrected chi connectivity index (χ0v) is 15.3. The summed E-state index contributed by atoms with van der Waals surface area (Å²) in [4.78, 5) is 42.7. The van der Waals surface area contributed by atoms with Gasteiger partial charge in [0.25, 0.3) is 11.8 Å². The van der Waals surface area contributed by atoms with Crippen molar-refractivity contribution in [3.63, 3.8) is 0 Å². The highest BCUT2D eigenvalue weighted by atomic mass is 16.7. The van der Waals surface area contributed by atoms with Crippen LogP contribution in [0, 0.1) is 0 Å². The van der Waals surface area contributed by atoms with Gasteiger partial charge in [0.1, 0.15) is 5.58 Å². The van der Waals surface area contributed by atoms with Gasteiger partial charge in [-0.25, -0.2) is 4.79 Å². The zero-order valence-electron chi connectivity index (χ0n) is 15.3. The van der Waals surface area contributed by atoms with E-state index < -0.39 is 17.8 Å². The van der Waals surface area contributed by atoms with Crippen LogP contribution in [-0.4, -0.2) is 29.0 Å². The number of nitrogens with zero attached hydrogens (tertiary/aromatic N) is 1. The van der Waals surface area contributed by atoms with Crippen LogP contribution in [0.3, 0.4) is 0 Å². The second-order valence-electron chi connectivity index (χ2n) is 6.59. The Labute approximate surface area is 160 Å². The van der Waals surface area contributed by atoms with Gasteiger partial charge >= 0.3 is 5.97 Å². The summed E-state index contributed by atoms with van der Waals surface area (Å²) in [5.41, 5.74) is 1.37. The highest BCUT2D eigenvalue weighted by Gasteiger charge is 2.39. The maximum atomic E-state index is 12.8. The number of carbonyl (C=O) groups excluding carboxylic acids is 3. The van der Waals surface area contributed by atoms with Gasteiger partial charge < -0.3 is 14.0 Å². The summed E-state index contributed by atoms with van der Waals surface area (Å²) in [6.07, 6.45) is -0.0613. The Morgan fingerprint density at radius 3 is 2.25 bits per heavy atom. The van der Waals surface area contributed by atoms with Crippen LogP contribution < -0.4 is 0 Å². The molecule has 2 amide bonds. The first-order chi connectivity index (χ1) is 13.5. The Morgan fingerprint density at radius 2 is 1.61 bits per heavy atom. The number of amides is 2. The summed E-state index contributed by atoms with van der Waals surface area (Å²) in [5, 5.41) is 1.17. The summed E-state index contributed by atoms with van der Waals surface area (Å²) in [7, 11) is 0. The normalized spacial score (nSPS) is 13.5. The van der Waals surface area contributed by atoms with Gasteiger partial charge in [-0.2, -0.15) is 0 Å². The number of furan rings is 1. The van der Waals surface area contributed by atoms with Gasteiger partial charge in [0.05, 0.1) is 23.8 Å². The fraction of sp³-hybridized carbons (Fsp3) is 0.190. The van der Waals surface area contributed by atoms with Gasteiger partial charge in [0.2, 0.25) is 5.76 Å². The first-order valence-electron chi connectivity index (χ1n) is 8.79. The van der Waals surface area contributed by atoms with Crippen molar-refractivity contribution >= 4 is 28.8 Å². The molecule has 0 fully saturated rings. The molecule has 1 aliphatic heterocycles. The van der Waals surface area contributed by atoms with E-state index in [-0.39, 0.29) is 29.6 Å². The minimum Gasteiger partial charge on any atom is -0.449 e. The molecule has 142 valence electrons. The van der Waals surface area contributed by atoms with Crippen LogP contribution >= 0.6 is 0 Å². The van der Waals surface area contributed by atoms with Crippen LogP contribution in [0.4, 0.5) is 0 Å². The van der Waals surface area contributed by atoms with Crippen molar-refractivity contribution in [2.45, 2.75) is 26.6 Å². The first-order valence-corrected chi connectivity index (χ1v) is 8.79. The molecule has 0 atom stereocenters. The second-order valence-corrected chi connectivity index (χ2v) is 6.59. The van der Waals surface area contributed by atoms with Crippen molar-refractivity contribution in [2.24, 2.45) is 0 Å². The van der Waals surface area contributed by atoms with Crippen molar-refractivity contribution in [2.75, 3.05) is 0 Å². The SMILES string of the molecule is CC(C)OCc1c(C(=O)ON2C(=O)c3ccccc3C2=O)oc2ccccc12. The second kappa shape index (κ2) is 6.94. The Bertz CT molecular complexity index is 1060. The van der Waals surface area contributed by atoms with Crippen molar-refractivity contribution in [3.05, 3.63) is 71.0 Å². The minimum absolute atomic E-state index is 0.0613. The summed E-state index contributed by atoms with van der Waals surface area (Å²) in [6.45, 7) is 3.87. The molecule has 0 radical (unpaired) electrons. The lowest BCUT2D eigenvalue weighted by molar-refractivity contribution is -0.0605. The van der Waals surface area contributed by atoms with Gasteiger partial charge in [-0.05, 0) is 32.0 Å². The third-order valence-corrected chi connectivity index (χ3v) is 4.38. The van der Waals surface area contributed by atoms with E-state index in [1.807, 2.05) is 19.9 Å². The standard InChI is InChI=1S/C21H17NO6/c1-12(2)26-11-16-13-7-5-6-10-17(13)27-18(16)21(25)28-22-19(23)14-8-3-4-9-15(14)20(22)24/h3-10,12H,11H2,1-2H3. The number of para-hydroxylation sites is 1. The van der Waals surface area contributed by atoms with Crippen LogP contribution in [0.15, 0.2) is 52.9 Å². The number of carbonyl (C=O) groups is 3. The van der Waals surface area contributed by atoms with Crippen molar-refractivity contribution in [1.29, 1.82) is 0 Å². The number of hydrogen-bond acceptors (Lipinski definition) is 6. The van der Waals surface area contributed by atoms with E-state index in [9.17, 15) is 14.4 Å². The van der Waals surface area contributed by atoms with Crippen LogP contribution in [0.5, 0.6) is 0 Å². The molecule has 3 aromatic rings. The molecule has 7 heteroatoms. The molecule has 0 N–H and O–H groups in total. The summed E-state index contributed by atoms with van der Waals surface area (Å²) < 4.78 is 11.3. The lowest BCUT2D eigenvalue weighted by Crippen LogP contribution is -2.32.